The van der Waals surface area contributed by atoms with Gasteiger partial charge in [0.25, 0.3) is 0 Å². The predicted molar refractivity (Wildman–Crippen MR) is 65.1 cm³/mol. The first-order valence-corrected chi connectivity index (χ1v) is 5.97. The molecule has 6 nitrogen and oxygen atoms in total. The zero-order chi connectivity index (χ0) is 12.7. The number of aromatic nitrogens is 3. The third kappa shape index (κ3) is 4.52. The molecule has 0 aliphatic rings. The first-order valence-electron chi connectivity index (χ1n) is 5.97. The zero-order valence-corrected chi connectivity index (χ0v) is 10.5. The molecule has 17 heavy (non-hydrogen) atoms. The minimum absolute atomic E-state index is 0.0852. The second kappa shape index (κ2) is 6.34. The highest BCUT2D eigenvalue weighted by Crippen LogP contribution is 2.08. The summed E-state index contributed by atoms with van der Waals surface area (Å²) in [5.74, 6) is -0.0852. The average Bonchev–Trinajstić information content (AvgIpc) is 2.76. The number of hydrogen-bond acceptors (Lipinski definition) is 4. The van der Waals surface area contributed by atoms with Crippen LogP contribution < -0.4 is 11.1 Å². The van der Waals surface area contributed by atoms with Crippen molar-refractivity contribution in [3.63, 3.8) is 0 Å². The molecule has 0 radical (unpaired) electrons. The van der Waals surface area contributed by atoms with Crippen LogP contribution in [0.4, 0.5) is 0 Å². The summed E-state index contributed by atoms with van der Waals surface area (Å²) >= 11 is 0. The van der Waals surface area contributed by atoms with Crippen LogP contribution in [0.25, 0.3) is 0 Å². The summed E-state index contributed by atoms with van der Waals surface area (Å²) in [6.07, 6.45) is 5.85. The quantitative estimate of drug-likeness (QED) is 0.670. The van der Waals surface area contributed by atoms with E-state index in [1.165, 1.54) is 0 Å². The fourth-order valence-electron chi connectivity index (χ4n) is 1.63. The molecule has 1 amide bonds. The van der Waals surface area contributed by atoms with Gasteiger partial charge in [-0.15, -0.1) is 5.10 Å². The van der Waals surface area contributed by atoms with Crippen LogP contribution >= 0.6 is 0 Å². The Morgan fingerprint density at radius 2 is 2.35 bits per heavy atom. The predicted octanol–water partition coefficient (Wildman–Crippen LogP) is 0.302. The molecule has 0 saturated heterocycles. The van der Waals surface area contributed by atoms with Gasteiger partial charge in [-0.05, 0) is 19.8 Å². The summed E-state index contributed by atoms with van der Waals surface area (Å²) in [6, 6.07) is 0. The molecule has 3 N–H and O–H groups in total. The number of nitrogens with two attached hydrogens (primary N) is 1. The van der Waals surface area contributed by atoms with E-state index in [-0.39, 0.29) is 5.91 Å². The van der Waals surface area contributed by atoms with Gasteiger partial charge in [0.05, 0.1) is 11.7 Å². The van der Waals surface area contributed by atoms with Gasteiger partial charge in [-0.3, -0.25) is 9.48 Å². The third-order valence-corrected chi connectivity index (χ3v) is 2.61. The van der Waals surface area contributed by atoms with Crippen molar-refractivity contribution in [2.45, 2.75) is 45.2 Å². The van der Waals surface area contributed by atoms with Crippen molar-refractivity contribution in [2.24, 2.45) is 5.73 Å². The SMILES string of the molecule is CCCC(C)(N)C(=O)NCCCn1ccnn1. The van der Waals surface area contributed by atoms with E-state index in [9.17, 15) is 4.79 Å². The summed E-state index contributed by atoms with van der Waals surface area (Å²) in [5.41, 5.74) is 5.15. The molecule has 1 rings (SSSR count). The number of hydrogen-bond donors (Lipinski definition) is 2. The van der Waals surface area contributed by atoms with Gasteiger partial charge < -0.3 is 11.1 Å². The molecule has 0 spiro atoms. The normalized spacial score (nSPS) is 14.3. The van der Waals surface area contributed by atoms with Gasteiger partial charge in [0, 0.05) is 19.3 Å². The Morgan fingerprint density at radius 1 is 1.59 bits per heavy atom. The Kier molecular flexibility index (Phi) is 5.09. The zero-order valence-electron chi connectivity index (χ0n) is 10.5. The van der Waals surface area contributed by atoms with Crippen molar-refractivity contribution < 1.29 is 4.79 Å². The molecule has 1 atom stereocenters. The van der Waals surface area contributed by atoms with Crippen molar-refractivity contribution >= 4 is 5.91 Å². The third-order valence-electron chi connectivity index (χ3n) is 2.61. The molecule has 0 fully saturated rings. The van der Waals surface area contributed by atoms with Gasteiger partial charge in [-0.25, -0.2) is 0 Å². The standard InChI is InChI=1S/C11H21N5O/c1-3-5-11(2,12)10(17)13-6-4-8-16-9-7-14-15-16/h7,9H,3-6,8,12H2,1-2H3,(H,13,17). The van der Waals surface area contributed by atoms with Gasteiger partial charge in [0.2, 0.25) is 5.91 Å². The average molecular weight is 239 g/mol. The molecule has 6 heteroatoms. The molecular weight excluding hydrogens is 218 g/mol. The summed E-state index contributed by atoms with van der Waals surface area (Å²) < 4.78 is 1.74. The summed E-state index contributed by atoms with van der Waals surface area (Å²) in [7, 11) is 0. The molecule has 0 bridgehead atoms. The van der Waals surface area contributed by atoms with Gasteiger partial charge in [0.15, 0.2) is 0 Å². The maximum atomic E-state index is 11.7. The number of carbonyl (C=O) groups excluding carboxylic acids is 1. The highest BCUT2D eigenvalue weighted by atomic mass is 16.2. The van der Waals surface area contributed by atoms with Crippen LogP contribution in [0.15, 0.2) is 12.4 Å². The van der Waals surface area contributed by atoms with E-state index in [0.717, 1.165) is 19.4 Å². The second-order valence-corrected chi connectivity index (χ2v) is 4.44. The number of nitrogens with one attached hydrogen (secondary N) is 1. The van der Waals surface area contributed by atoms with E-state index in [1.807, 2.05) is 6.92 Å². The van der Waals surface area contributed by atoms with E-state index >= 15 is 0 Å². The summed E-state index contributed by atoms with van der Waals surface area (Å²) in [5, 5.41) is 10.4. The lowest BCUT2D eigenvalue weighted by Crippen LogP contribution is -2.51. The number of carbonyl (C=O) groups is 1. The number of amides is 1. The molecule has 1 aromatic heterocycles. The van der Waals surface area contributed by atoms with Crippen LogP contribution in [0, 0.1) is 0 Å². The van der Waals surface area contributed by atoms with Gasteiger partial charge >= 0.3 is 0 Å². The van der Waals surface area contributed by atoms with Crippen molar-refractivity contribution in [2.75, 3.05) is 6.54 Å². The summed E-state index contributed by atoms with van der Waals surface area (Å²) in [6.45, 7) is 5.14. The molecule has 1 unspecified atom stereocenters. The molecule has 0 aliphatic carbocycles. The molecule has 1 heterocycles. The molecule has 0 saturated carbocycles. The van der Waals surface area contributed by atoms with E-state index in [4.69, 9.17) is 5.73 Å². The second-order valence-electron chi connectivity index (χ2n) is 4.44. The topological polar surface area (TPSA) is 85.8 Å². The van der Waals surface area contributed by atoms with E-state index in [1.54, 1.807) is 24.0 Å². The first kappa shape index (κ1) is 13.6. The summed E-state index contributed by atoms with van der Waals surface area (Å²) in [4.78, 5) is 11.7. The minimum Gasteiger partial charge on any atom is -0.354 e. The van der Waals surface area contributed by atoms with Crippen LogP contribution in [0.2, 0.25) is 0 Å². The smallest absolute Gasteiger partial charge is 0.239 e. The number of nitrogens with zero attached hydrogens (tertiary/aromatic N) is 3. The highest BCUT2D eigenvalue weighted by Gasteiger charge is 2.26. The highest BCUT2D eigenvalue weighted by molar-refractivity contribution is 5.85. The molecule has 96 valence electrons. The fourth-order valence-corrected chi connectivity index (χ4v) is 1.63. The van der Waals surface area contributed by atoms with E-state index in [2.05, 4.69) is 15.6 Å². The van der Waals surface area contributed by atoms with Crippen LogP contribution in [-0.2, 0) is 11.3 Å². The van der Waals surface area contributed by atoms with Gasteiger partial charge in [0.1, 0.15) is 0 Å². The van der Waals surface area contributed by atoms with Crippen LogP contribution in [0.5, 0.6) is 0 Å². The number of rotatable bonds is 7. The Hall–Kier alpha value is -1.43. The van der Waals surface area contributed by atoms with Crippen molar-refractivity contribution in [3.8, 4) is 0 Å². The monoisotopic (exact) mass is 239 g/mol. The molecule has 1 aromatic rings. The lowest BCUT2D eigenvalue weighted by Gasteiger charge is -2.22. The lowest BCUT2D eigenvalue weighted by molar-refractivity contribution is -0.126. The Labute approximate surface area is 102 Å². The maximum absolute atomic E-state index is 11.7. The van der Waals surface area contributed by atoms with E-state index < -0.39 is 5.54 Å². The Bertz CT molecular complexity index is 334. The fraction of sp³-hybridized carbons (Fsp3) is 0.727. The van der Waals surface area contributed by atoms with Gasteiger partial charge in [-0.1, -0.05) is 18.6 Å². The van der Waals surface area contributed by atoms with Crippen LogP contribution in [0.3, 0.4) is 0 Å². The lowest BCUT2D eigenvalue weighted by atomic mass is 9.96. The largest absolute Gasteiger partial charge is 0.354 e. The first-order chi connectivity index (χ1) is 8.06. The van der Waals surface area contributed by atoms with Crippen molar-refractivity contribution in [1.82, 2.24) is 20.3 Å². The van der Waals surface area contributed by atoms with Crippen molar-refractivity contribution in [3.05, 3.63) is 12.4 Å². The van der Waals surface area contributed by atoms with Crippen LogP contribution in [-0.4, -0.2) is 33.0 Å². The minimum atomic E-state index is -0.762. The molecule has 0 aromatic carbocycles. The van der Waals surface area contributed by atoms with Crippen LogP contribution in [0.1, 0.15) is 33.1 Å². The Balaban J connectivity index is 2.20. The molecular formula is C11H21N5O. The number of aryl methyl sites for hydroxylation is 1. The van der Waals surface area contributed by atoms with E-state index in [0.29, 0.717) is 13.0 Å². The maximum Gasteiger partial charge on any atom is 0.239 e. The van der Waals surface area contributed by atoms with Crippen molar-refractivity contribution in [1.29, 1.82) is 0 Å². The Morgan fingerprint density at radius 3 is 2.94 bits per heavy atom. The molecule has 0 aliphatic heterocycles. The van der Waals surface area contributed by atoms with Gasteiger partial charge in [-0.2, -0.15) is 0 Å².